The lowest BCUT2D eigenvalue weighted by atomic mass is 10.1. The molecule has 1 amide bonds. The van der Waals surface area contributed by atoms with Crippen LogP contribution in [0.25, 0.3) is 0 Å². The molecule has 3 heterocycles. The number of nitrogens with one attached hydrogen (secondary N) is 1. The lowest BCUT2D eigenvalue weighted by molar-refractivity contribution is 0.0728. The van der Waals surface area contributed by atoms with Gasteiger partial charge in [-0.25, -0.2) is 0 Å². The molecule has 4 rings (SSSR count). The minimum absolute atomic E-state index is 0.0701. The lowest BCUT2D eigenvalue weighted by Crippen LogP contribution is -2.31. The van der Waals surface area contributed by atoms with Gasteiger partial charge in [0.2, 0.25) is 0 Å². The maximum atomic E-state index is 12.9. The number of amides is 1. The summed E-state index contributed by atoms with van der Waals surface area (Å²) in [7, 11) is 0. The second-order valence-corrected chi connectivity index (χ2v) is 5.83. The molecule has 0 radical (unpaired) electrons. The third-order valence-corrected chi connectivity index (χ3v) is 4.59. The zero-order valence-corrected chi connectivity index (χ0v) is 11.9. The first-order chi connectivity index (χ1) is 10.3. The third kappa shape index (κ3) is 2.04. The van der Waals surface area contributed by atoms with E-state index in [-0.39, 0.29) is 11.9 Å². The number of hydrogen-bond donors (Lipinski definition) is 1. The van der Waals surface area contributed by atoms with Crippen molar-refractivity contribution in [3.8, 4) is 0 Å². The standard InChI is InChI=1S/C16H18N4O/c21-16(15-12-5-1-6-13(12)18-19-15)20-9-3-7-14(20)11-4-2-8-17-10-11/h2,4,8,10,14H,1,3,5-7,9H2,(H,18,19)/t14-/m1/s1. The predicted molar refractivity (Wildman–Crippen MR) is 77.9 cm³/mol. The molecule has 0 bridgehead atoms. The third-order valence-electron chi connectivity index (χ3n) is 4.59. The van der Waals surface area contributed by atoms with Gasteiger partial charge in [0.1, 0.15) is 0 Å². The van der Waals surface area contributed by atoms with Crippen molar-refractivity contribution in [3.63, 3.8) is 0 Å². The Morgan fingerprint density at radius 3 is 3.14 bits per heavy atom. The Bertz CT molecular complexity index is 664. The van der Waals surface area contributed by atoms with Crippen LogP contribution in [0.1, 0.15) is 52.6 Å². The topological polar surface area (TPSA) is 61.9 Å². The quantitative estimate of drug-likeness (QED) is 0.919. The molecule has 0 aromatic carbocycles. The van der Waals surface area contributed by atoms with Crippen LogP contribution in [0, 0.1) is 0 Å². The molecule has 1 N–H and O–H groups in total. The Kier molecular flexibility index (Phi) is 2.98. The van der Waals surface area contributed by atoms with Crippen LogP contribution in [-0.4, -0.2) is 32.5 Å². The van der Waals surface area contributed by atoms with E-state index in [0.29, 0.717) is 5.69 Å². The van der Waals surface area contributed by atoms with Crippen LogP contribution in [0.2, 0.25) is 0 Å². The van der Waals surface area contributed by atoms with Gasteiger partial charge in [-0.05, 0) is 43.7 Å². The summed E-state index contributed by atoms with van der Waals surface area (Å²) in [6.45, 7) is 0.806. The Morgan fingerprint density at radius 2 is 2.29 bits per heavy atom. The number of fused-ring (bicyclic) bond motifs is 1. The summed E-state index contributed by atoms with van der Waals surface area (Å²) in [6.07, 6.45) is 8.79. The molecule has 1 aliphatic heterocycles. The molecule has 108 valence electrons. The van der Waals surface area contributed by atoms with Crippen molar-refractivity contribution in [1.82, 2.24) is 20.1 Å². The fourth-order valence-electron chi connectivity index (χ4n) is 3.56. The molecule has 2 aromatic rings. The van der Waals surface area contributed by atoms with E-state index < -0.39 is 0 Å². The Balaban J connectivity index is 1.64. The number of carbonyl (C=O) groups is 1. The van der Waals surface area contributed by atoms with Gasteiger partial charge in [-0.2, -0.15) is 5.10 Å². The SMILES string of the molecule is O=C(c1n[nH]c2c1CCC2)N1CCC[C@@H]1c1cccnc1. The van der Waals surface area contributed by atoms with Crippen molar-refractivity contribution in [1.29, 1.82) is 0 Å². The Hall–Kier alpha value is -2.17. The van der Waals surface area contributed by atoms with E-state index >= 15 is 0 Å². The molecule has 0 saturated carbocycles. The number of aryl methyl sites for hydroxylation is 1. The lowest BCUT2D eigenvalue weighted by Gasteiger charge is -2.24. The number of aromatic nitrogens is 3. The molecular weight excluding hydrogens is 264 g/mol. The van der Waals surface area contributed by atoms with E-state index in [9.17, 15) is 4.79 Å². The maximum Gasteiger partial charge on any atom is 0.275 e. The number of hydrogen-bond acceptors (Lipinski definition) is 3. The number of likely N-dealkylation sites (tertiary alicyclic amines) is 1. The van der Waals surface area contributed by atoms with E-state index in [0.717, 1.165) is 55.5 Å². The summed E-state index contributed by atoms with van der Waals surface area (Å²) in [5, 5.41) is 7.31. The minimum Gasteiger partial charge on any atom is -0.330 e. The first-order valence-electron chi connectivity index (χ1n) is 7.61. The van der Waals surface area contributed by atoms with Gasteiger partial charge in [-0.15, -0.1) is 0 Å². The van der Waals surface area contributed by atoms with Crippen LogP contribution in [0.5, 0.6) is 0 Å². The number of nitrogens with zero attached hydrogens (tertiary/aromatic N) is 3. The highest BCUT2D eigenvalue weighted by atomic mass is 16.2. The summed E-state index contributed by atoms with van der Waals surface area (Å²) >= 11 is 0. The van der Waals surface area contributed by atoms with Gasteiger partial charge >= 0.3 is 0 Å². The van der Waals surface area contributed by atoms with Crippen molar-refractivity contribution in [2.45, 2.75) is 38.1 Å². The van der Waals surface area contributed by atoms with Gasteiger partial charge in [-0.3, -0.25) is 14.9 Å². The summed E-state index contributed by atoms with van der Waals surface area (Å²) in [5.41, 5.74) is 4.04. The normalized spacial score (nSPS) is 20.8. The molecule has 2 aromatic heterocycles. The summed E-state index contributed by atoms with van der Waals surface area (Å²) in [6, 6.07) is 4.13. The van der Waals surface area contributed by atoms with E-state index in [1.54, 1.807) is 6.20 Å². The number of aromatic amines is 1. The number of rotatable bonds is 2. The zero-order valence-electron chi connectivity index (χ0n) is 11.9. The molecule has 1 aliphatic carbocycles. The van der Waals surface area contributed by atoms with Gasteiger partial charge in [-0.1, -0.05) is 6.07 Å². The molecule has 0 unspecified atom stereocenters. The van der Waals surface area contributed by atoms with Gasteiger partial charge in [0.25, 0.3) is 5.91 Å². The second-order valence-electron chi connectivity index (χ2n) is 5.83. The molecule has 2 aliphatic rings. The van der Waals surface area contributed by atoms with E-state index in [4.69, 9.17) is 0 Å². The van der Waals surface area contributed by atoms with Gasteiger partial charge in [0, 0.05) is 30.2 Å². The van der Waals surface area contributed by atoms with Crippen molar-refractivity contribution < 1.29 is 4.79 Å². The summed E-state index contributed by atoms with van der Waals surface area (Å²) in [4.78, 5) is 19.0. The van der Waals surface area contributed by atoms with Crippen LogP contribution >= 0.6 is 0 Å². The highest BCUT2D eigenvalue weighted by molar-refractivity contribution is 5.94. The highest BCUT2D eigenvalue weighted by Gasteiger charge is 2.34. The molecule has 5 heteroatoms. The van der Waals surface area contributed by atoms with Crippen molar-refractivity contribution in [2.75, 3.05) is 6.54 Å². The first kappa shape index (κ1) is 12.6. The minimum atomic E-state index is 0.0701. The molecule has 1 atom stereocenters. The van der Waals surface area contributed by atoms with Crippen molar-refractivity contribution in [2.24, 2.45) is 0 Å². The molecular formula is C16H18N4O. The predicted octanol–water partition coefficient (Wildman–Crippen LogP) is 2.27. The van der Waals surface area contributed by atoms with Gasteiger partial charge in [0.05, 0.1) is 6.04 Å². The van der Waals surface area contributed by atoms with Crippen molar-refractivity contribution in [3.05, 3.63) is 47.0 Å². The maximum absolute atomic E-state index is 12.9. The smallest absolute Gasteiger partial charge is 0.275 e. The zero-order chi connectivity index (χ0) is 14.2. The van der Waals surface area contributed by atoms with Crippen LogP contribution in [0.4, 0.5) is 0 Å². The fourth-order valence-corrected chi connectivity index (χ4v) is 3.56. The molecule has 5 nitrogen and oxygen atoms in total. The summed E-state index contributed by atoms with van der Waals surface area (Å²) < 4.78 is 0. The Labute approximate surface area is 123 Å². The van der Waals surface area contributed by atoms with E-state index in [2.05, 4.69) is 21.2 Å². The van der Waals surface area contributed by atoms with Gasteiger partial charge in [0.15, 0.2) is 5.69 Å². The van der Waals surface area contributed by atoms with Crippen LogP contribution in [-0.2, 0) is 12.8 Å². The van der Waals surface area contributed by atoms with Crippen LogP contribution < -0.4 is 0 Å². The number of H-pyrrole nitrogens is 1. The average Bonchev–Trinajstić information content (AvgIpc) is 3.23. The second kappa shape index (κ2) is 4.98. The van der Waals surface area contributed by atoms with Crippen molar-refractivity contribution >= 4 is 5.91 Å². The molecule has 1 saturated heterocycles. The fraction of sp³-hybridized carbons (Fsp3) is 0.438. The van der Waals surface area contributed by atoms with E-state index in [1.165, 1.54) is 0 Å². The van der Waals surface area contributed by atoms with E-state index in [1.807, 2.05) is 17.2 Å². The number of pyridine rings is 1. The monoisotopic (exact) mass is 282 g/mol. The molecule has 1 fully saturated rings. The average molecular weight is 282 g/mol. The molecule has 21 heavy (non-hydrogen) atoms. The largest absolute Gasteiger partial charge is 0.330 e. The number of carbonyl (C=O) groups excluding carboxylic acids is 1. The van der Waals surface area contributed by atoms with Gasteiger partial charge < -0.3 is 4.90 Å². The molecule has 0 spiro atoms. The van der Waals surface area contributed by atoms with Crippen LogP contribution in [0.15, 0.2) is 24.5 Å². The van der Waals surface area contributed by atoms with Crippen LogP contribution in [0.3, 0.4) is 0 Å². The summed E-state index contributed by atoms with van der Waals surface area (Å²) in [5.74, 6) is 0.0701. The first-order valence-corrected chi connectivity index (χ1v) is 7.61. The Morgan fingerprint density at radius 1 is 1.33 bits per heavy atom. The highest BCUT2D eigenvalue weighted by Crippen LogP contribution is 2.34.